The number of likely N-dealkylation sites (N-methyl/N-ethyl adjacent to an activating group) is 1. The number of likely N-dealkylation sites (tertiary alicyclic amines) is 1. The predicted octanol–water partition coefficient (Wildman–Crippen LogP) is 1.84. The number of nitrogens with one attached hydrogen (secondary N) is 1. The maximum Gasteiger partial charge on any atom is 0.243 e. The third-order valence-electron chi connectivity index (χ3n) is 4.23. The summed E-state index contributed by atoms with van der Waals surface area (Å²) in [4.78, 5) is 25.7. The van der Waals surface area contributed by atoms with Crippen molar-refractivity contribution in [3.63, 3.8) is 0 Å². The number of hydrogen-bond donors (Lipinski definition) is 1. The molecule has 102 valence electrons. The van der Waals surface area contributed by atoms with Crippen molar-refractivity contribution in [3.8, 4) is 0 Å². The third-order valence-corrected chi connectivity index (χ3v) is 4.23. The van der Waals surface area contributed by atoms with E-state index < -0.39 is 0 Å². The minimum Gasteiger partial charge on any atom is -0.352 e. The van der Waals surface area contributed by atoms with Crippen LogP contribution in [0, 0.1) is 0 Å². The van der Waals surface area contributed by atoms with E-state index >= 15 is 0 Å². The van der Waals surface area contributed by atoms with Gasteiger partial charge in [-0.3, -0.25) is 9.59 Å². The molecule has 0 bridgehead atoms. The molecule has 0 spiro atoms. The quantitative estimate of drug-likeness (QED) is 0.815. The lowest BCUT2D eigenvalue weighted by Gasteiger charge is -2.29. The highest BCUT2D eigenvalue weighted by Gasteiger charge is 2.30. The van der Waals surface area contributed by atoms with Gasteiger partial charge in [-0.05, 0) is 25.7 Å². The molecule has 0 aromatic heterocycles. The smallest absolute Gasteiger partial charge is 0.243 e. The Hall–Kier alpha value is -1.06. The molecule has 1 saturated heterocycles. The standard InChI is InChI=1S/C14H24N2O2/c1-16-12(9-5-6-10-13(16)17)14(18)15-11-7-3-2-4-8-11/h11-12H,2-10H2,1H3,(H,15,18). The molecule has 1 heterocycles. The van der Waals surface area contributed by atoms with Gasteiger partial charge in [0.25, 0.3) is 0 Å². The lowest BCUT2D eigenvalue weighted by molar-refractivity contribution is -0.138. The van der Waals surface area contributed by atoms with Crippen LogP contribution in [0.4, 0.5) is 0 Å². The maximum atomic E-state index is 12.3. The molecule has 2 fully saturated rings. The van der Waals surface area contributed by atoms with Crippen molar-refractivity contribution < 1.29 is 9.59 Å². The van der Waals surface area contributed by atoms with Crippen LogP contribution >= 0.6 is 0 Å². The minimum atomic E-state index is -0.248. The van der Waals surface area contributed by atoms with E-state index in [-0.39, 0.29) is 17.9 Å². The molecular weight excluding hydrogens is 228 g/mol. The number of carbonyl (C=O) groups is 2. The highest BCUT2D eigenvalue weighted by atomic mass is 16.2. The van der Waals surface area contributed by atoms with Crippen molar-refractivity contribution in [1.29, 1.82) is 0 Å². The molecule has 1 aliphatic heterocycles. The van der Waals surface area contributed by atoms with E-state index in [0.717, 1.165) is 32.1 Å². The predicted molar refractivity (Wildman–Crippen MR) is 70.0 cm³/mol. The molecule has 1 unspecified atom stereocenters. The Labute approximate surface area is 109 Å². The number of rotatable bonds is 2. The van der Waals surface area contributed by atoms with Gasteiger partial charge < -0.3 is 10.2 Å². The SMILES string of the molecule is CN1C(=O)CCCCC1C(=O)NC1CCCCC1. The average Bonchev–Trinajstić information content (AvgIpc) is 2.54. The van der Waals surface area contributed by atoms with E-state index in [9.17, 15) is 9.59 Å². The topological polar surface area (TPSA) is 49.4 Å². The van der Waals surface area contributed by atoms with Crippen molar-refractivity contribution in [3.05, 3.63) is 0 Å². The van der Waals surface area contributed by atoms with Gasteiger partial charge in [0.2, 0.25) is 11.8 Å². The maximum absolute atomic E-state index is 12.3. The summed E-state index contributed by atoms with van der Waals surface area (Å²) in [6, 6.07) is 0.0833. The van der Waals surface area contributed by atoms with Crippen LogP contribution in [0.3, 0.4) is 0 Å². The van der Waals surface area contributed by atoms with Crippen LogP contribution in [-0.4, -0.2) is 35.8 Å². The monoisotopic (exact) mass is 252 g/mol. The van der Waals surface area contributed by atoms with Crippen LogP contribution in [0.15, 0.2) is 0 Å². The van der Waals surface area contributed by atoms with Gasteiger partial charge in [-0.15, -0.1) is 0 Å². The van der Waals surface area contributed by atoms with Crippen LogP contribution in [0.5, 0.6) is 0 Å². The number of hydrogen-bond acceptors (Lipinski definition) is 2. The van der Waals surface area contributed by atoms with Crippen LogP contribution in [0.2, 0.25) is 0 Å². The molecule has 1 aliphatic carbocycles. The van der Waals surface area contributed by atoms with Crippen LogP contribution in [-0.2, 0) is 9.59 Å². The largest absolute Gasteiger partial charge is 0.352 e. The number of carbonyl (C=O) groups excluding carboxylic acids is 2. The first-order chi connectivity index (χ1) is 8.68. The molecule has 2 amide bonds. The molecule has 0 aromatic carbocycles. The summed E-state index contributed by atoms with van der Waals surface area (Å²) in [6.45, 7) is 0. The first kappa shape index (κ1) is 13.4. The van der Waals surface area contributed by atoms with E-state index in [0.29, 0.717) is 12.5 Å². The van der Waals surface area contributed by atoms with Crippen molar-refractivity contribution >= 4 is 11.8 Å². The van der Waals surface area contributed by atoms with Gasteiger partial charge >= 0.3 is 0 Å². The molecule has 4 nitrogen and oxygen atoms in total. The van der Waals surface area contributed by atoms with Gasteiger partial charge in [0.05, 0.1) is 0 Å². The molecule has 0 radical (unpaired) electrons. The Kier molecular flexibility index (Phi) is 4.61. The van der Waals surface area contributed by atoms with Crippen LogP contribution in [0.25, 0.3) is 0 Å². The molecule has 1 atom stereocenters. The summed E-state index contributed by atoms with van der Waals surface area (Å²) in [5.41, 5.74) is 0. The Morgan fingerprint density at radius 3 is 2.50 bits per heavy atom. The fourth-order valence-electron chi connectivity index (χ4n) is 3.01. The fraction of sp³-hybridized carbons (Fsp3) is 0.857. The van der Waals surface area contributed by atoms with Gasteiger partial charge in [0.15, 0.2) is 0 Å². The zero-order valence-electron chi connectivity index (χ0n) is 11.3. The lowest BCUT2D eigenvalue weighted by atomic mass is 9.95. The summed E-state index contributed by atoms with van der Waals surface area (Å²) < 4.78 is 0. The summed E-state index contributed by atoms with van der Waals surface area (Å²) >= 11 is 0. The Morgan fingerprint density at radius 2 is 1.78 bits per heavy atom. The summed E-state index contributed by atoms with van der Waals surface area (Å²) in [6.07, 6.45) is 9.18. The van der Waals surface area contributed by atoms with Crippen LogP contribution < -0.4 is 5.32 Å². The number of amides is 2. The molecular formula is C14H24N2O2. The van der Waals surface area contributed by atoms with Gasteiger partial charge in [-0.1, -0.05) is 25.7 Å². The van der Waals surface area contributed by atoms with E-state index in [1.807, 2.05) is 0 Å². The van der Waals surface area contributed by atoms with Crippen LogP contribution in [0.1, 0.15) is 57.8 Å². The molecule has 2 aliphatic rings. The van der Waals surface area contributed by atoms with Gasteiger partial charge in [0.1, 0.15) is 6.04 Å². The second-order valence-electron chi connectivity index (χ2n) is 5.61. The van der Waals surface area contributed by atoms with E-state index in [1.54, 1.807) is 11.9 Å². The van der Waals surface area contributed by atoms with Crippen molar-refractivity contribution in [2.24, 2.45) is 0 Å². The van der Waals surface area contributed by atoms with E-state index in [4.69, 9.17) is 0 Å². The molecule has 1 saturated carbocycles. The zero-order chi connectivity index (χ0) is 13.0. The second-order valence-corrected chi connectivity index (χ2v) is 5.61. The summed E-state index contributed by atoms with van der Waals surface area (Å²) in [5.74, 6) is 0.163. The summed E-state index contributed by atoms with van der Waals surface area (Å²) in [7, 11) is 1.76. The molecule has 18 heavy (non-hydrogen) atoms. The second kappa shape index (κ2) is 6.21. The lowest BCUT2D eigenvalue weighted by Crippen LogP contribution is -2.49. The molecule has 0 aromatic rings. The van der Waals surface area contributed by atoms with Gasteiger partial charge in [-0.2, -0.15) is 0 Å². The zero-order valence-corrected chi connectivity index (χ0v) is 11.3. The normalized spacial score (nSPS) is 26.8. The van der Waals surface area contributed by atoms with Crippen molar-refractivity contribution in [2.45, 2.75) is 69.9 Å². The van der Waals surface area contributed by atoms with E-state index in [1.165, 1.54) is 19.3 Å². The first-order valence-electron chi connectivity index (χ1n) is 7.24. The average molecular weight is 252 g/mol. The Bertz CT molecular complexity index is 311. The van der Waals surface area contributed by atoms with E-state index in [2.05, 4.69) is 5.32 Å². The van der Waals surface area contributed by atoms with Gasteiger partial charge in [-0.25, -0.2) is 0 Å². The Balaban J connectivity index is 1.91. The van der Waals surface area contributed by atoms with Crippen molar-refractivity contribution in [2.75, 3.05) is 7.05 Å². The molecule has 4 heteroatoms. The fourth-order valence-corrected chi connectivity index (χ4v) is 3.01. The third kappa shape index (κ3) is 3.24. The molecule has 1 N–H and O–H groups in total. The summed E-state index contributed by atoms with van der Waals surface area (Å²) in [5, 5.41) is 3.13. The minimum absolute atomic E-state index is 0.0552. The highest BCUT2D eigenvalue weighted by molar-refractivity contribution is 5.88. The number of nitrogens with zero attached hydrogens (tertiary/aromatic N) is 1. The van der Waals surface area contributed by atoms with Crippen molar-refractivity contribution in [1.82, 2.24) is 10.2 Å². The van der Waals surface area contributed by atoms with Gasteiger partial charge in [0, 0.05) is 19.5 Å². The Morgan fingerprint density at radius 1 is 1.11 bits per heavy atom. The molecule has 2 rings (SSSR count). The first-order valence-corrected chi connectivity index (χ1v) is 7.24. The highest BCUT2D eigenvalue weighted by Crippen LogP contribution is 2.20.